The third-order valence-electron chi connectivity index (χ3n) is 2.19. The van der Waals surface area contributed by atoms with Gasteiger partial charge in [0.05, 0.1) is 0 Å². The largest absolute Gasteiger partial charge is 0.494 e. The molecule has 4 heteroatoms. The van der Waals surface area contributed by atoms with Crippen LogP contribution in [0.2, 0.25) is 0 Å². The molecule has 0 bridgehead atoms. The molecule has 0 fully saturated rings. The fraction of sp³-hybridized carbons (Fsp3) is 0.167. The highest BCUT2D eigenvalue weighted by Gasteiger charge is 2.07. The first-order valence-electron chi connectivity index (χ1n) is 4.92. The molecular weight excluding hydrogens is 222 g/mol. The van der Waals surface area contributed by atoms with Gasteiger partial charge in [-0.1, -0.05) is 6.07 Å². The summed E-state index contributed by atoms with van der Waals surface area (Å²) >= 11 is 1.29. The van der Waals surface area contributed by atoms with E-state index in [0.717, 1.165) is 16.0 Å². The molecule has 0 unspecified atom stereocenters. The summed E-state index contributed by atoms with van der Waals surface area (Å²) in [6, 6.07) is 9.03. The summed E-state index contributed by atoms with van der Waals surface area (Å²) in [6.07, 6.45) is 0. The summed E-state index contributed by atoms with van der Waals surface area (Å²) in [5.74, 6) is 0.0864. The van der Waals surface area contributed by atoms with Crippen molar-refractivity contribution in [2.75, 3.05) is 0 Å². The van der Waals surface area contributed by atoms with Gasteiger partial charge in [-0.15, -0.1) is 0 Å². The third-order valence-corrected chi connectivity index (χ3v) is 3.19. The van der Waals surface area contributed by atoms with E-state index in [4.69, 9.17) is 0 Å². The van der Waals surface area contributed by atoms with E-state index in [1.807, 2.05) is 26.0 Å². The maximum absolute atomic E-state index is 9.51. The first kappa shape index (κ1) is 11.0. The fourth-order valence-corrected chi connectivity index (χ4v) is 2.58. The standard InChI is InChI=1S/C12H13NO2S/c1-8-5-9(2)7-10(6-8)16-13-11(14)3-4-12(13)15/h3-7,14-15H,1-2H3. The van der Waals surface area contributed by atoms with Crippen LogP contribution in [0.15, 0.2) is 35.2 Å². The van der Waals surface area contributed by atoms with Crippen molar-refractivity contribution in [1.82, 2.24) is 3.97 Å². The Kier molecular flexibility index (Phi) is 2.83. The smallest absolute Gasteiger partial charge is 0.204 e. The maximum atomic E-state index is 9.51. The second kappa shape index (κ2) is 4.14. The Morgan fingerprint density at radius 1 is 0.938 bits per heavy atom. The van der Waals surface area contributed by atoms with Crippen LogP contribution in [0.4, 0.5) is 0 Å². The van der Waals surface area contributed by atoms with E-state index >= 15 is 0 Å². The van der Waals surface area contributed by atoms with Crippen molar-refractivity contribution in [3.05, 3.63) is 41.5 Å². The lowest BCUT2D eigenvalue weighted by Crippen LogP contribution is -1.86. The monoisotopic (exact) mass is 235 g/mol. The van der Waals surface area contributed by atoms with Gasteiger partial charge < -0.3 is 10.2 Å². The molecule has 0 aliphatic heterocycles. The van der Waals surface area contributed by atoms with E-state index in [2.05, 4.69) is 6.07 Å². The van der Waals surface area contributed by atoms with Gasteiger partial charge in [-0.2, -0.15) is 0 Å². The molecule has 0 spiro atoms. The molecule has 0 saturated heterocycles. The zero-order chi connectivity index (χ0) is 11.7. The van der Waals surface area contributed by atoms with E-state index < -0.39 is 0 Å². The number of aromatic hydroxyl groups is 2. The molecule has 2 rings (SSSR count). The highest BCUT2D eigenvalue weighted by atomic mass is 32.2. The average molecular weight is 235 g/mol. The Hall–Kier alpha value is -1.55. The number of rotatable bonds is 2. The highest BCUT2D eigenvalue weighted by Crippen LogP contribution is 2.32. The first-order chi connectivity index (χ1) is 7.56. The van der Waals surface area contributed by atoms with Gasteiger partial charge in [0.25, 0.3) is 0 Å². The number of nitrogens with zero attached hydrogens (tertiary/aromatic N) is 1. The zero-order valence-corrected chi connectivity index (χ0v) is 9.95. The highest BCUT2D eigenvalue weighted by molar-refractivity contribution is 7.98. The molecule has 0 aliphatic rings. The molecule has 2 N–H and O–H groups in total. The molecule has 2 aromatic rings. The van der Waals surface area contributed by atoms with Crippen LogP contribution in [0.5, 0.6) is 11.8 Å². The van der Waals surface area contributed by atoms with Gasteiger partial charge in [0.15, 0.2) is 0 Å². The molecule has 0 amide bonds. The summed E-state index contributed by atoms with van der Waals surface area (Å²) in [7, 11) is 0. The number of aromatic nitrogens is 1. The minimum absolute atomic E-state index is 0.0432. The molecule has 1 aromatic heterocycles. The van der Waals surface area contributed by atoms with Crippen LogP contribution < -0.4 is 0 Å². The Labute approximate surface area is 98.5 Å². The minimum Gasteiger partial charge on any atom is -0.494 e. The maximum Gasteiger partial charge on any atom is 0.204 e. The second-order valence-electron chi connectivity index (χ2n) is 3.76. The molecule has 1 aromatic carbocycles. The Morgan fingerprint density at radius 2 is 1.44 bits per heavy atom. The summed E-state index contributed by atoms with van der Waals surface area (Å²) in [4.78, 5) is 0.985. The summed E-state index contributed by atoms with van der Waals surface area (Å²) in [5.41, 5.74) is 2.32. The minimum atomic E-state index is 0.0432. The lowest BCUT2D eigenvalue weighted by atomic mass is 10.2. The van der Waals surface area contributed by atoms with Crippen LogP contribution in [-0.4, -0.2) is 14.2 Å². The van der Waals surface area contributed by atoms with E-state index in [9.17, 15) is 10.2 Å². The Bertz CT molecular complexity index is 480. The van der Waals surface area contributed by atoms with Crippen molar-refractivity contribution >= 4 is 11.9 Å². The summed E-state index contributed by atoms with van der Waals surface area (Å²) in [5, 5.41) is 19.0. The molecular formula is C12H13NO2S. The van der Waals surface area contributed by atoms with Crippen LogP contribution in [-0.2, 0) is 0 Å². The second-order valence-corrected chi connectivity index (χ2v) is 4.78. The molecule has 0 radical (unpaired) electrons. The number of hydrogen-bond acceptors (Lipinski definition) is 3. The van der Waals surface area contributed by atoms with Crippen molar-refractivity contribution < 1.29 is 10.2 Å². The third kappa shape index (κ3) is 2.17. The van der Waals surface area contributed by atoms with Crippen LogP contribution in [0.25, 0.3) is 0 Å². The molecule has 0 atom stereocenters. The quantitative estimate of drug-likeness (QED) is 0.840. The van der Waals surface area contributed by atoms with Crippen molar-refractivity contribution in [3.8, 4) is 11.8 Å². The fourth-order valence-electron chi connectivity index (χ4n) is 1.59. The van der Waals surface area contributed by atoms with E-state index in [-0.39, 0.29) is 11.8 Å². The molecule has 16 heavy (non-hydrogen) atoms. The molecule has 1 heterocycles. The normalized spacial score (nSPS) is 10.6. The van der Waals surface area contributed by atoms with E-state index in [0.29, 0.717) is 0 Å². The number of aryl methyl sites for hydroxylation is 2. The molecule has 3 nitrogen and oxygen atoms in total. The van der Waals surface area contributed by atoms with Crippen LogP contribution in [0.3, 0.4) is 0 Å². The van der Waals surface area contributed by atoms with Crippen molar-refractivity contribution in [2.24, 2.45) is 0 Å². The van der Waals surface area contributed by atoms with Gasteiger partial charge in [-0.3, -0.25) is 0 Å². The lowest BCUT2D eigenvalue weighted by Gasteiger charge is -2.07. The lowest BCUT2D eigenvalue weighted by molar-refractivity contribution is 0.416. The Balaban J connectivity index is 2.34. The number of hydrogen-bond donors (Lipinski definition) is 2. The van der Waals surface area contributed by atoms with Crippen LogP contribution in [0, 0.1) is 13.8 Å². The van der Waals surface area contributed by atoms with Crippen molar-refractivity contribution in [2.45, 2.75) is 18.7 Å². The Morgan fingerprint density at radius 3 is 1.94 bits per heavy atom. The van der Waals surface area contributed by atoms with Crippen molar-refractivity contribution in [3.63, 3.8) is 0 Å². The van der Waals surface area contributed by atoms with Gasteiger partial charge >= 0.3 is 0 Å². The van der Waals surface area contributed by atoms with Crippen LogP contribution in [0.1, 0.15) is 11.1 Å². The van der Waals surface area contributed by atoms with Gasteiger partial charge in [0.2, 0.25) is 11.8 Å². The van der Waals surface area contributed by atoms with Gasteiger partial charge in [-0.25, -0.2) is 3.97 Å². The van der Waals surface area contributed by atoms with E-state index in [1.165, 1.54) is 28.1 Å². The average Bonchev–Trinajstić information content (AvgIpc) is 2.48. The zero-order valence-electron chi connectivity index (χ0n) is 9.14. The van der Waals surface area contributed by atoms with Gasteiger partial charge in [0, 0.05) is 17.0 Å². The van der Waals surface area contributed by atoms with Gasteiger partial charge in [-0.05, 0) is 49.1 Å². The van der Waals surface area contributed by atoms with Gasteiger partial charge in [0.1, 0.15) is 0 Å². The molecule has 0 saturated carbocycles. The SMILES string of the molecule is Cc1cc(C)cc(Sn2c(O)ccc2O)c1. The summed E-state index contributed by atoms with van der Waals surface area (Å²) < 4.78 is 1.38. The van der Waals surface area contributed by atoms with Crippen molar-refractivity contribution in [1.29, 1.82) is 0 Å². The predicted octanol–water partition coefficient (Wildman–Crippen LogP) is 3.07. The molecule has 84 valence electrons. The first-order valence-corrected chi connectivity index (χ1v) is 5.70. The topological polar surface area (TPSA) is 45.4 Å². The van der Waals surface area contributed by atoms with Crippen LogP contribution >= 0.6 is 11.9 Å². The predicted molar refractivity (Wildman–Crippen MR) is 64.9 cm³/mol. The summed E-state index contributed by atoms with van der Waals surface area (Å²) in [6.45, 7) is 4.04. The number of benzene rings is 1. The molecule has 0 aliphatic carbocycles. The van der Waals surface area contributed by atoms with E-state index in [1.54, 1.807) is 0 Å².